The fourth-order valence-corrected chi connectivity index (χ4v) is 2.51. The maximum absolute atomic E-state index is 11.9. The highest BCUT2D eigenvalue weighted by Gasteiger charge is 2.20. The Balaban J connectivity index is 1.91. The summed E-state index contributed by atoms with van der Waals surface area (Å²) in [6.45, 7) is 4.80. The number of esters is 1. The third-order valence-electron chi connectivity index (χ3n) is 3.27. The molecule has 0 fully saturated rings. The Labute approximate surface area is 150 Å². The molecule has 0 spiro atoms. The lowest BCUT2D eigenvalue weighted by Crippen LogP contribution is -2.28. The normalized spacial score (nSPS) is 12.0. The Hall–Kier alpha value is -1.79. The van der Waals surface area contributed by atoms with E-state index in [1.54, 1.807) is 6.92 Å². The predicted octanol–water partition coefficient (Wildman–Crippen LogP) is 4.13. The molecular formula is C18H21BrO5. The molecule has 0 bridgehead atoms. The summed E-state index contributed by atoms with van der Waals surface area (Å²) in [6, 6.07) is 11.2. The second-order valence-electron chi connectivity index (χ2n) is 5.04. The van der Waals surface area contributed by atoms with E-state index < -0.39 is 6.10 Å². The van der Waals surface area contributed by atoms with E-state index in [1.807, 2.05) is 43.3 Å². The first-order valence-corrected chi connectivity index (χ1v) is 8.65. The van der Waals surface area contributed by atoms with Gasteiger partial charge in [-0.25, -0.2) is 4.79 Å². The Morgan fingerprint density at radius 1 is 1.12 bits per heavy atom. The Kier molecular flexibility index (Phi) is 7.34. The molecule has 2 rings (SSSR count). The van der Waals surface area contributed by atoms with Gasteiger partial charge in [-0.2, -0.15) is 0 Å². The molecule has 0 saturated carbocycles. The van der Waals surface area contributed by atoms with Gasteiger partial charge in [-0.3, -0.25) is 0 Å². The van der Waals surface area contributed by atoms with Crippen molar-refractivity contribution in [3.63, 3.8) is 0 Å². The van der Waals surface area contributed by atoms with Gasteiger partial charge in [-0.15, -0.1) is 0 Å². The molecule has 0 unspecified atom stereocenters. The molecule has 0 radical (unpaired) electrons. The number of ether oxygens (including phenoxy) is 3. The molecule has 1 aromatic heterocycles. The lowest BCUT2D eigenvalue weighted by atomic mass is 10.1. The molecule has 0 saturated heterocycles. The highest BCUT2D eigenvalue weighted by molar-refractivity contribution is 9.10. The maximum Gasteiger partial charge on any atom is 0.335 e. The number of carbonyl (C=O) groups excluding carboxylic acids is 1. The molecule has 0 aliphatic carbocycles. The third-order valence-corrected chi connectivity index (χ3v) is 3.70. The van der Waals surface area contributed by atoms with Crippen molar-refractivity contribution in [3.05, 3.63) is 52.4 Å². The van der Waals surface area contributed by atoms with Crippen molar-refractivity contribution in [1.29, 1.82) is 0 Å². The first kappa shape index (κ1) is 18.5. The van der Waals surface area contributed by atoms with Crippen molar-refractivity contribution in [3.8, 4) is 5.75 Å². The summed E-state index contributed by atoms with van der Waals surface area (Å²) in [5.74, 6) is 1.14. The van der Waals surface area contributed by atoms with Crippen LogP contribution in [-0.2, 0) is 27.3 Å². The van der Waals surface area contributed by atoms with Crippen molar-refractivity contribution in [2.45, 2.75) is 33.0 Å². The van der Waals surface area contributed by atoms with Crippen LogP contribution >= 0.6 is 15.9 Å². The van der Waals surface area contributed by atoms with Crippen molar-refractivity contribution in [2.75, 3.05) is 13.2 Å². The van der Waals surface area contributed by atoms with E-state index in [9.17, 15) is 4.79 Å². The van der Waals surface area contributed by atoms with Crippen LogP contribution in [-0.4, -0.2) is 25.3 Å². The van der Waals surface area contributed by atoms with Gasteiger partial charge in [0.1, 0.15) is 18.1 Å². The maximum atomic E-state index is 11.9. The summed E-state index contributed by atoms with van der Waals surface area (Å²) in [5, 5.41) is 0. The van der Waals surface area contributed by atoms with E-state index >= 15 is 0 Å². The van der Waals surface area contributed by atoms with Crippen LogP contribution in [0.25, 0.3) is 0 Å². The average Bonchev–Trinajstić information content (AvgIpc) is 2.99. The Morgan fingerprint density at radius 3 is 2.46 bits per heavy atom. The summed E-state index contributed by atoms with van der Waals surface area (Å²) in [4.78, 5) is 11.9. The van der Waals surface area contributed by atoms with E-state index in [0.29, 0.717) is 30.9 Å². The van der Waals surface area contributed by atoms with E-state index in [2.05, 4.69) is 15.9 Å². The number of halogens is 1. The zero-order chi connectivity index (χ0) is 17.4. The van der Waals surface area contributed by atoms with Gasteiger partial charge in [0.15, 0.2) is 10.8 Å². The minimum atomic E-state index is -0.581. The topological polar surface area (TPSA) is 57.9 Å². The number of furan rings is 1. The van der Waals surface area contributed by atoms with E-state index in [0.717, 1.165) is 17.1 Å². The fraction of sp³-hybridized carbons (Fsp3) is 0.389. The van der Waals surface area contributed by atoms with Crippen LogP contribution in [0.4, 0.5) is 0 Å². The molecule has 2 aromatic rings. The van der Waals surface area contributed by atoms with E-state index in [-0.39, 0.29) is 5.97 Å². The molecule has 6 heteroatoms. The molecule has 0 amide bonds. The Bertz CT molecular complexity index is 635. The molecule has 0 aliphatic heterocycles. The van der Waals surface area contributed by atoms with Gasteiger partial charge in [0, 0.05) is 13.0 Å². The predicted molar refractivity (Wildman–Crippen MR) is 92.9 cm³/mol. The molecule has 5 nitrogen and oxygen atoms in total. The monoisotopic (exact) mass is 396 g/mol. The number of rotatable bonds is 9. The van der Waals surface area contributed by atoms with Crippen LogP contribution in [0.1, 0.15) is 25.2 Å². The van der Waals surface area contributed by atoms with Crippen molar-refractivity contribution < 1.29 is 23.4 Å². The SMILES string of the molecule is CCOC(=O)[C@H](Cc1ccc(OCc2ccc(Br)o2)cc1)OCC. The van der Waals surface area contributed by atoms with Crippen LogP contribution in [0.5, 0.6) is 5.75 Å². The largest absolute Gasteiger partial charge is 0.486 e. The second kappa shape index (κ2) is 9.49. The number of hydrogen-bond acceptors (Lipinski definition) is 5. The van der Waals surface area contributed by atoms with Gasteiger partial charge in [-0.05, 0) is 59.6 Å². The average molecular weight is 397 g/mol. The summed E-state index contributed by atoms with van der Waals surface area (Å²) < 4.78 is 22.2. The number of hydrogen-bond donors (Lipinski definition) is 0. The zero-order valence-electron chi connectivity index (χ0n) is 13.8. The van der Waals surface area contributed by atoms with Crippen molar-refractivity contribution in [2.24, 2.45) is 0 Å². The van der Waals surface area contributed by atoms with E-state index in [4.69, 9.17) is 18.6 Å². The molecule has 1 aromatic carbocycles. The second-order valence-corrected chi connectivity index (χ2v) is 5.82. The van der Waals surface area contributed by atoms with Crippen LogP contribution in [0.2, 0.25) is 0 Å². The fourth-order valence-electron chi connectivity index (χ4n) is 2.17. The summed E-state index contributed by atoms with van der Waals surface area (Å²) >= 11 is 3.25. The van der Waals surface area contributed by atoms with Crippen LogP contribution < -0.4 is 4.74 Å². The summed E-state index contributed by atoms with van der Waals surface area (Å²) in [5.41, 5.74) is 0.981. The first-order chi connectivity index (χ1) is 11.6. The van der Waals surface area contributed by atoms with Crippen LogP contribution in [0, 0.1) is 0 Å². The quantitative estimate of drug-likeness (QED) is 0.596. The van der Waals surface area contributed by atoms with E-state index in [1.165, 1.54) is 0 Å². The molecule has 0 aliphatic rings. The number of carbonyl (C=O) groups is 1. The van der Waals surface area contributed by atoms with Gasteiger partial charge in [0.25, 0.3) is 0 Å². The highest BCUT2D eigenvalue weighted by Crippen LogP contribution is 2.19. The molecule has 1 atom stereocenters. The summed E-state index contributed by atoms with van der Waals surface area (Å²) in [6.07, 6.45) is -0.111. The van der Waals surface area contributed by atoms with Crippen molar-refractivity contribution in [1.82, 2.24) is 0 Å². The van der Waals surface area contributed by atoms with Gasteiger partial charge >= 0.3 is 5.97 Å². The lowest BCUT2D eigenvalue weighted by molar-refractivity contribution is -0.156. The highest BCUT2D eigenvalue weighted by atomic mass is 79.9. The standard InChI is InChI=1S/C18H21BrO5/c1-3-21-16(18(20)22-4-2)11-13-5-7-14(8-6-13)23-12-15-9-10-17(19)24-15/h5-10,16H,3-4,11-12H2,1-2H3/t16-/m0/s1. The van der Waals surface area contributed by atoms with Gasteiger partial charge in [0.05, 0.1) is 6.61 Å². The Morgan fingerprint density at radius 2 is 1.88 bits per heavy atom. The molecule has 130 valence electrons. The molecule has 0 N–H and O–H groups in total. The summed E-state index contributed by atoms with van der Waals surface area (Å²) in [7, 11) is 0. The van der Waals surface area contributed by atoms with Gasteiger partial charge < -0.3 is 18.6 Å². The number of benzene rings is 1. The zero-order valence-corrected chi connectivity index (χ0v) is 15.4. The smallest absolute Gasteiger partial charge is 0.335 e. The lowest BCUT2D eigenvalue weighted by Gasteiger charge is -2.15. The molecular weight excluding hydrogens is 376 g/mol. The van der Waals surface area contributed by atoms with Crippen molar-refractivity contribution >= 4 is 21.9 Å². The minimum absolute atomic E-state index is 0.330. The van der Waals surface area contributed by atoms with Gasteiger partial charge in [-0.1, -0.05) is 12.1 Å². The third kappa shape index (κ3) is 5.69. The first-order valence-electron chi connectivity index (χ1n) is 7.86. The molecule has 1 heterocycles. The van der Waals surface area contributed by atoms with Gasteiger partial charge in [0.2, 0.25) is 0 Å². The molecule has 24 heavy (non-hydrogen) atoms. The van der Waals surface area contributed by atoms with Crippen LogP contribution in [0.3, 0.4) is 0 Å². The van der Waals surface area contributed by atoms with Crippen LogP contribution in [0.15, 0.2) is 45.5 Å². The minimum Gasteiger partial charge on any atom is -0.486 e.